The molecule has 3 aromatic rings. The molecule has 156 valence electrons. The van der Waals surface area contributed by atoms with Crippen LogP contribution < -0.4 is 10.9 Å². The van der Waals surface area contributed by atoms with Gasteiger partial charge in [0.05, 0.1) is 23.2 Å². The van der Waals surface area contributed by atoms with Crippen molar-refractivity contribution in [3.8, 4) is 0 Å². The van der Waals surface area contributed by atoms with Crippen LogP contribution in [-0.4, -0.2) is 27.3 Å². The molecule has 0 atom stereocenters. The summed E-state index contributed by atoms with van der Waals surface area (Å²) in [5.74, 6) is 1.01. The van der Waals surface area contributed by atoms with Gasteiger partial charge in [-0.2, -0.15) is 0 Å². The minimum atomic E-state index is -0.0753. The van der Waals surface area contributed by atoms with E-state index in [1.165, 1.54) is 24.6 Å². The molecule has 1 heterocycles. The second kappa shape index (κ2) is 9.47. The van der Waals surface area contributed by atoms with Crippen LogP contribution in [0.5, 0.6) is 0 Å². The SMILES string of the molecule is CC1CCC(NC(=O)CSc2nc3ccccc3c(=O)n2Cc2ccccc2)CC1. The third-order valence-corrected chi connectivity index (χ3v) is 6.70. The third kappa shape index (κ3) is 4.93. The van der Waals surface area contributed by atoms with Gasteiger partial charge in [0.1, 0.15) is 0 Å². The average Bonchev–Trinajstić information content (AvgIpc) is 2.77. The molecule has 5 nitrogen and oxygen atoms in total. The van der Waals surface area contributed by atoms with Gasteiger partial charge in [-0.05, 0) is 49.3 Å². The number of carbonyl (C=O) groups excluding carboxylic acids is 1. The number of fused-ring (bicyclic) bond motifs is 1. The Morgan fingerprint density at radius 2 is 1.77 bits per heavy atom. The van der Waals surface area contributed by atoms with E-state index in [1.807, 2.05) is 48.5 Å². The van der Waals surface area contributed by atoms with Crippen molar-refractivity contribution in [3.63, 3.8) is 0 Å². The van der Waals surface area contributed by atoms with E-state index in [0.717, 1.165) is 24.3 Å². The maximum Gasteiger partial charge on any atom is 0.262 e. The molecule has 0 aliphatic heterocycles. The lowest BCUT2D eigenvalue weighted by Gasteiger charge is -2.26. The molecule has 1 aliphatic carbocycles. The molecule has 0 spiro atoms. The van der Waals surface area contributed by atoms with Gasteiger partial charge in [-0.3, -0.25) is 14.2 Å². The maximum atomic E-state index is 13.2. The van der Waals surface area contributed by atoms with E-state index in [2.05, 4.69) is 12.2 Å². The Hall–Kier alpha value is -2.60. The van der Waals surface area contributed by atoms with E-state index in [4.69, 9.17) is 4.98 Å². The highest BCUT2D eigenvalue weighted by molar-refractivity contribution is 7.99. The molecular weight excluding hydrogens is 394 g/mol. The van der Waals surface area contributed by atoms with Gasteiger partial charge in [0.15, 0.2) is 5.16 Å². The summed E-state index contributed by atoms with van der Waals surface area (Å²) < 4.78 is 1.68. The summed E-state index contributed by atoms with van der Waals surface area (Å²) in [6.45, 7) is 2.70. The molecule has 2 aromatic carbocycles. The van der Waals surface area contributed by atoms with Crippen LogP contribution in [0.2, 0.25) is 0 Å². The number of aromatic nitrogens is 2. The quantitative estimate of drug-likeness (QED) is 0.478. The summed E-state index contributed by atoms with van der Waals surface area (Å²) in [5.41, 5.74) is 1.61. The zero-order valence-corrected chi connectivity index (χ0v) is 18.0. The Morgan fingerprint density at radius 3 is 2.53 bits per heavy atom. The lowest BCUT2D eigenvalue weighted by Crippen LogP contribution is -2.38. The third-order valence-electron chi connectivity index (χ3n) is 5.72. The first-order chi connectivity index (χ1) is 14.6. The van der Waals surface area contributed by atoms with Gasteiger partial charge >= 0.3 is 0 Å². The van der Waals surface area contributed by atoms with Crippen LogP contribution in [0.1, 0.15) is 38.2 Å². The summed E-state index contributed by atoms with van der Waals surface area (Å²) >= 11 is 1.33. The number of benzene rings is 2. The molecule has 30 heavy (non-hydrogen) atoms. The standard InChI is InChI=1S/C24H27N3O2S/c1-17-11-13-19(14-12-17)25-22(28)16-30-24-26-21-10-6-5-9-20(21)23(29)27(24)15-18-7-3-2-4-8-18/h2-10,17,19H,11-16H2,1H3,(H,25,28). The smallest absolute Gasteiger partial charge is 0.262 e. The minimum Gasteiger partial charge on any atom is -0.353 e. The van der Waals surface area contributed by atoms with Gasteiger partial charge in [0, 0.05) is 6.04 Å². The van der Waals surface area contributed by atoms with E-state index < -0.39 is 0 Å². The van der Waals surface area contributed by atoms with Crippen molar-refractivity contribution in [1.29, 1.82) is 0 Å². The van der Waals surface area contributed by atoms with Gasteiger partial charge in [0.2, 0.25) is 5.91 Å². The first-order valence-corrected chi connectivity index (χ1v) is 11.5. The zero-order chi connectivity index (χ0) is 20.9. The second-order valence-electron chi connectivity index (χ2n) is 8.10. The summed E-state index contributed by atoms with van der Waals surface area (Å²) in [5, 5.41) is 4.33. The number of hydrogen-bond donors (Lipinski definition) is 1. The zero-order valence-electron chi connectivity index (χ0n) is 17.2. The highest BCUT2D eigenvalue weighted by atomic mass is 32.2. The van der Waals surface area contributed by atoms with Crippen molar-refractivity contribution in [2.24, 2.45) is 5.92 Å². The van der Waals surface area contributed by atoms with Crippen LogP contribution in [0, 0.1) is 5.92 Å². The van der Waals surface area contributed by atoms with Crippen LogP contribution in [0.4, 0.5) is 0 Å². The topological polar surface area (TPSA) is 64.0 Å². The van der Waals surface area contributed by atoms with Crippen molar-refractivity contribution < 1.29 is 4.79 Å². The minimum absolute atomic E-state index is 0.00761. The number of thioether (sulfide) groups is 1. The summed E-state index contributed by atoms with van der Waals surface area (Å²) in [7, 11) is 0. The van der Waals surface area contributed by atoms with Crippen molar-refractivity contribution in [2.75, 3.05) is 5.75 Å². The maximum absolute atomic E-state index is 13.2. The lowest BCUT2D eigenvalue weighted by molar-refractivity contribution is -0.119. The van der Waals surface area contributed by atoms with Crippen molar-refractivity contribution in [2.45, 2.75) is 50.4 Å². The molecule has 6 heteroatoms. The number of amides is 1. The molecule has 0 radical (unpaired) electrons. The Kier molecular flexibility index (Phi) is 6.53. The summed E-state index contributed by atoms with van der Waals surface area (Å²) in [4.78, 5) is 30.4. The molecule has 4 rings (SSSR count). The fraction of sp³-hybridized carbons (Fsp3) is 0.375. The van der Waals surface area contributed by atoms with Crippen LogP contribution in [0.15, 0.2) is 64.5 Å². The van der Waals surface area contributed by atoms with Gasteiger partial charge < -0.3 is 5.32 Å². The van der Waals surface area contributed by atoms with E-state index in [0.29, 0.717) is 22.6 Å². The fourth-order valence-electron chi connectivity index (χ4n) is 3.97. The number of rotatable bonds is 6. The van der Waals surface area contributed by atoms with E-state index in [-0.39, 0.29) is 23.3 Å². The Morgan fingerprint density at radius 1 is 1.07 bits per heavy atom. The van der Waals surface area contributed by atoms with Gasteiger partial charge in [-0.15, -0.1) is 0 Å². The Bertz CT molecular complexity index is 1070. The first kappa shape index (κ1) is 20.7. The van der Waals surface area contributed by atoms with Crippen LogP contribution in [0.25, 0.3) is 10.9 Å². The molecule has 1 fully saturated rings. The Balaban J connectivity index is 1.53. The average molecular weight is 422 g/mol. The van der Waals surface area contributed by atoms with E-state index in [1.54, 1.807) is 10.6 Å². The molecule has 1 N–H and O–H groups in total. The fourth-order valence-corrected chi connectivity index (χ4v) is 4.78. The number of nitrogens with zero attached hydrogens (tertiary/aromatic N) is 2. The number of hydrogen-bond acceptors (Lipinski definition) is 4. The molecule has 1 aliphatic rings. The molecule has 1 aromatic heterocycles. The molecule has 1 amide bonds. The normalized spacial score (nSPS) is 19.0. The van der Waals surface area contributed by atoms with E-state index in [9.17, 15) is 9.59 Å². The molecule has 0 unspecified atom stereocenters. The largest absolute Gasteiger partial charge is 0.353 e. The lowest BCUT2D eigenvalue weighted by atomic mass is 9.87. The monoisotopic (exact) mass is 421 g/mol. The van der Waals surface area contributed by atoms with Crippen molar-refractivity contribution in [3.05, 3.63) is 70.5 Å². The van der Waals surface area contributed by atoms with Gasteiger partial charge in [-0.25, -0.2) is 4.98 Å². The number of carbonyl (C=O) groups is 1. The Labute approximate surface area is 180 Å². The van der Waals surface area contributed by atoms with E-state index >= 15 is 0 Å². The highest BCUT2D eigenvalue weighted by Gasteiger charge is 2.20. The van der Waals surface area contributed by atoms with Crippen molar-refractivity contribution >= 4 is 28.6 Å². The molecule has 1 saturated carbocycles. The van der Waals surface area contributed by atoms with Crippen molar-refractivity contribution in [1.82, 2.24) is 14.9 Å². The summed E-state index contributed by atoms with van der Waals surface area (Å²) in [6.07, 6.45) is 4.43. The van der Waals surface area contributed by atoms with Crippen LogP contribution >= 0.6 is 11.8 Å². The second-order valence-corrected chi connectivity index (χ2v) is 9.04. The number of nitrogens with one attached hydrogen (secondary N) is 1. The predicted molar refractivity (Wildman–Crippen MR) is 122 cm³/mol. The highest BCUT2D eigenvalue weighted by Crippen LogP contribution is 2.24. The van der Waals surface area contributed by atoms with Gasteiger partial charge in [0.25, 0.3) is 5.56 Å². The van der Waals surface area contributed by atoms with Crippen LogP contribution in [0.3, 0.4) is 0 Å². The van der Waals surface area contributed by atoms with Crippen LogP contribution in [-0.2, 0) is 11.3 Å². The van der Waals surface area contributed by atoms with Gasteiger partial charge in [-0.1, -0.05) is 61.2 Å². The number of para-hydroxylation sites is 1. The molecule has 0 bridgehead atoms. The molecular formula is C24H27N3O2S. The first-order valence-electron chi connectivity index (χ1n) is 10.6. The summed E-state index contributed by atoms with van der Waals surface area (Å²) in [6, 6.07) is 17.5. The molecule has 0 saturated heterocycles. The predicted octanol–water partition coefficient (Wildman–Crippen LogP) is 4.23.